The second kappa shape index (κ2) is 11.1. The van der Waals surface area contributed by atoms with Crippen molar-refractivity contribution in [2.24, 2.45) is 0 Å². The molecular formula is C32H29F4NO2S. The number of likely N-dealkylation sites (tertiary alicyclic amines) is 1. The second-order valence-electron chi connectivity index (χ2n) is 10.7. The van der Waals surface area contributed by atoms with E-state index in [9.17, 15) is 22.4 Å². The van der Waals surface area contributed by atoms with Crippen molar-refractivity contribution < 1.29 is 27.1 Å². The topological polar surface area (TPSA) is 29.5 Å². The minimum absolute atomic E-state index is 0.0811. The van der Waals surface area contributed by atoms with Gasteiger partial charge in [-0.25, -0.2) is 9.18 Å². The lowest BCUT2D eigenvalue weighted by atomic mass is 9.85. The van der Waals surface area contributed by atoms with Gasteiger partial charge in [-0.05, 0) is 97.7 Å². The van der Waals surface area contributed by atoms with Gasteiger partial charge in [-0.15, -0.1) is 0 Å². The van der Waals surface area contributed by atoms with Gasteiger partial charge in [0.1, 0.15) is 11.9 Å². The third kappa shape index (κ3) is 5.56. The fourth-order valence-corrected chi connectivity index (χ4v) is 7.25. The number of fused-ring (bicyclic) bond motifs is 2. The van der Waals surface area contributed by atoms with E-state index in [0.717, 1.165) is 84.2 Å². The normalized spacial score (nSPS) is 21.5. The number of esters is 1. The molecule has 3 aromatic rings. The van der Waals surface area contributed by atoms with Crippen LogP contribution in [0.25, 0.3) is 5.57 Å². The monoisotopic (exact) mass is 567 g/mol. The number of hydrogen-bond donors (Lipinski definition) is 0. The smallest absolute Gasteiger partial charge is 0.416 e. The lowest BCUT2D eigenvalue weighted by Gasteiger charge is -2.40. The molecule has 6 rings (SSSR count). The Bertz CT molecular complexity index is 1440. The van der Waals surface area contributed by atoms with Crippen LogP contribution in [0, 0.1) is 5.82 Å². The van der Waals surface area contributed by atoms with Gasteiger partial charge in [0.05, 0.1) is 11.1 Å². The number of benzene rings is 3. The van der Waals surface area contributed by atoms with Crippen molar-refractivity contribution >= 4 is 23.3 Å². The molecule has 0 atom stereocenters. The van der Waals surface area contributed by atoms with E-state index in [4.69, 9.17) is 4.74 Å². The summed E-state index contributed by atoms with van der Waals surface area (Å²) in [7, 11) is 0. The SMILES string of the molecule is O=C(OC1CCC(N2CCC(=C3c4ccc(F)cc4Sc4ccc(C(F)(F)F)cc43)CC2)CC1)c1ccccc1. The minimum Gasteiger partial charge on any atom is -0.459 e. The van der Waals surface area contributed by atoms with E-state index < -0.39 is 11.7 Å². The molecule has 1 saturated carbocycles. The summed E-state index contributed by atoms with van der Waals surface area (Å²) >= 11 is 1.32. The largest absolute Gasteiger partial charge is 0.459 e. The summed E-state index contributed by atoms with van der Waals surface area (Å²) in [5.74, 6) is -0.635. The molecule has 0 spiro atoms. The number of nitrogens with zero attached hydrogens (tertiary/aromatic N) is 1. The molecule has 40 heavy (non-hydrogen) atoms. The molecule has 3 aromatic carbocycles. The molecular weight excluding hydrogens is 538 g/mol. The Morgan fingerprint density at radius 1 is 0.850 bits per heavy atom. The van der Waals surface area contributed by atoms with E-state index >= 15 is 0 Å². The van der Waals surface area contributed by atoms with Crippen molar-refractivity contribution in [2.45, 2.75) is 66.6 Å². The molecule has 1 saturated heterocycles. The van der Waals surface area contributed by atoms with Crippen molar-refractivity contribution in [3.8, 4) is 0 Å². The van der Waals surface area contributed by atoms with Gasteiger partial charge < -0.3 is 4.74 Å². The van der Waals surface area contributed by atoms with Crippen molar-refractivity contribution in [3.63, 3.8) is 0 Å². The average molecular weight is 568 g/mol. The summed E-state index contributed by atoms with van der Waals surface area (Å²) in [6.07, 6.45) is 0.489. The quantitative estimate of drug-likeness (QED) is 0.184. The lowest BCUT2D eigenvalue weighted by molar-refractivity contribution is -0.137. The third-order valence-electron chi connectivity index (χ3n) is 8.21. The van der Waals surface area contributed by atoms with Gasteiger partial charge in [0.2, 0.25) is 0 Å². The van der Waals surface area contributed by atoms with Crippen molar-refractivity contribution in [2.75, 3.05) is 13.1 Å². The number of ether oxygens (including phenoxy) is 1. The van der Waals surface area contributed by atoms with Crippen LogP contribution in [0.5, 0.6) is 0 Å². The van der Waals surface area contributed by atoms with Crippen LogP contribution < -0.4 is 0 Å². The Balaban J connectivity index is 1.17. The number of piperidine rings is 1. The van der Waals surface area contributed by atoms with Crippen LogP contribution in [0.4, 0.5) is 17.6 Å². The summed E-state index contributed by atoms with van der Waals surface area (Å²) in [5.41, 5.74) is 3.24. The minimum atomic E-state index is -4.43. The highest BCUT2D eigenvalue weighted by Crippen LogP contribution is 2.49. The summed E-state index contributed by atoms with van der Waals surface area (Å²) in [4.78, 5) is 16.4. The maximum Gasteiger partial charge on any atom is 0.416 e. The van der Waals surface area contributed by atoms with Crippen LogP contribution in [0.1, 0.15) is 65.6 Å². The highest BCUT2D eigenvalue weighted by molar-refractivity contribution is 7.99. The number of carbonyl (C=O) groups is 1. The van der Waals surface area contributed by atoms with Crippen LogP contribution in [0.2, 0.25) is 0 Å². The summed E-state index contributed by atoms with van der Waals surface area (Å²) < 4.78 is 60.7. The average Bonchev–Trinajstić information content (AvgIpc) is 2.96. The van der Waals surface area contributed by atoms with Crippen LogP contribution in [-0.2, 0) is 10.9 Å². The molecule has 0 aromatic heterocycles. The van der Waals surface area contributed by atoms with Gasteiger partial charge in [-0.3, -0.25) is 4.90 Å². The van der Waals surface area contributed by atoms with Gasteiger partial charge in [0, 0.05) is 28.9 Å². The third-order valence-corrected chi connectivity index (χ3v) is 9.34. The molecule has 0 radical (unpaired) electrons. The van der Waals surface area contributed by atoms with E-state index in [-0.39, 0.29) is 17.9 Å². The molecule has 0 N–H and O–H groups in total. The van der Waals surface area contributed by atoms with Gasteiger partial charge in [-0.2, -0.15) is 13.2 Å². The Hall–Kier alpha value is -3.10. The van der Waals surface area contributed by atoms with Gasteiger partial charge in [0.15, 0.2) is 0 Å². The number of halogens is 4. The molecule has 0 amide bonds. The summed E-state index contributed by atoms with van der Waals surface area (Å²) in [5, 5.41) is 0. The van der Waals surface area contributed by atoms with Crippen LogP contribution in [-0.4, -0.2) is 36.1 Å². The predicted octanol–water partition coefficient (Wildman–Crippen LogP) is 8.38. The van der Waals surface area contributed by atoms with E-state index in [1.807, 2.05) is 18.2 Å². The zero-order chi connectivity index (χ0) is 27.9. The van der Waals surface area contributed by atoms with Crippen LogP contribution in [0.3, 0.4) is 0 Å². The lowest BCUT2D eigenvalue weighted by Crippen LogP contribution is -2.43. The molecule has 8 heteroatoms. The molecule has 0 bridgehead atoms. The summed E-state index contributed by atoms with van der Waals surface area (Å²) in [6.45, 7) is 1.63. The Morgan fingerprint density at radius 2 is 1.57 bits per heavy atom. The van der Waals surface area contributed by atoms with Crippen LogP contribution >= 0.6 is 11.8 Å². The zero-order valence-electron chi connectivity index (χ0n) is 21.8. The van der Waals surface area contributed by atoms with E-state index in [0.29, 0.717) is 17.2 Å². The molecule has 3 aliphatic rings. The van der Waals surface area contributed by atoms with E-state index in [1.54, 1.807) is 18.2 Å². The molecule has 2 heterocycles. The van der Waals surface area contributed by atoms with Crippen LogP contribution in [0.15, 0.2) is 82.1 Å². The molecule has 3 nitrogen and oxygen atoms in total. The molecule has 2 aliphatic heterocycles. The number of rotatable bonds is 3. The number of carbonyl (C=O) groups excluding carboxylic acids is 1. The van der Waals surface area contributed by atoms with Crippen molar-refractivity contribution in [3.05, 3.63) is 100 Å². The molecule has 0 unspecified atom stereocenters. The predicted molar refractivity (Wildman–Crippen MR) is 147 cm³/mol. The fraction of sp³-hybridized carbons (Fsp3) is 0.344. The van der Waals surface area contributed by atoms with Gasteiger partial charge in [-0.1, -0.05) is 41.6 Å². The Labute approximate surface area is 235 Å². The zero-order valence-corrected chi connectivity index (χ0v) is 22.7. The molecule has 2 fully saturated rings. The Kier molecular flexibility index (Phi) is 7.48. The van der Waals surface area contributed by atoms with Gasteiger partial charge in [0.25, 0.3) is 0 Å². The standard InChI is InChI=1S/C32H29F4NO2S/c33-23-7-12-26-29(19-23)40-28-13-6-22(32(34,35)36)18-27(28)30(26)20-14-16-37(17-15-20)24-8-10-25(11-9-24)39-31(38)21-4-2-1-3-5-21/h1-7,12-13,18-19,24-25H,8-11,14-17H2. The fourth-order valence-electron chi connectivity index (χ4n) is 6.15. The first-order chi connectivity index (χ1) is 19.3. The first kappa shape index (κ1) is 27.1. The van der Waals surface area contributed by atoms with Crippen molar-refractivity contribution in [1.82, 2.24) is 4.90 Å². The first-order valence-electron chi connectivity index (χ1n) is 13.7. The Morgan fingerprint density at radius 3 is 2.27 bits per heavy atom. The number of hydrogen-bond acceptors (Lipinski definition) is 4. The highest BCUT2D eigenvalue weighted by atomic mass is 32.2. The maximum atomic E-state index is 14.1. The molecule has 208 valence electrons. The highest BCUT2D eigenvalue weighted by Gasteiger charge is 2.35. The number of alkyl halides is 3. The maximum absolute atomic E-state index is 14.1. The molecule has 1 aliphatic carbocycles. The van der Waals surface area contributed by atoms with Crippen molar-refractivity contribution in [1.29, 1.82) is 0 Å². The first-order valence-corrected chi connectivity index (χ1v) is 14.5. The second-order valence-corrected chi connectivity index (χ2v) is 11.8. The summed E-state index contributed by atoms with van der Waals surface area (Å²) in [6, 6.07) is 17.9. The van der Waals surface area contributed by atoms with E-state index in [2.05, 4.69) is 4.90 Å². The van der Waals surface area contributed by atoms with E-state index in [1.165, 1.54) is 36.0 Å². The van der Waals surface area contributed by atoms with Gasteiger partial charge >= 0.3 is 12.1 Å².